The molecule has 1 aromatic heterocycles. The standard InChI is InChI=1S/C24H27N3O2.C2HF3O2/c28-23(19-6-5-17-9-12-25-13-10-18(17)15-19)7-8-24(29)26-14-11-20-16-27-22-4-2-1-3-21(20)22;3-2(4,5)1(6)7/h1-6,15-16,25,27H,7-14H2,(H,26,29);(H,6,7). The van der Waals surface area contributed by atoms with E-state index in [0.717, 1.165) is 43.4 Å². The summed E-state index contributed by atoms with van der Waals surface area (Å²) in [4.78, 5) is 36.8. The molecule has 7 nitrogen and oxygen atoms in total. The van der Waals surface area contributed by atoms with Crippen molar-refractivity contribution in [1.82, 2.24) is 15.6 Å². The number of aliphatic carboxylic acids is 1. The van der Waals surface area contributed by atoms with Crippen molar-refractivity contribution in [3.8, 4) is 0 Å². The Bertz CT molecular complexity index is 1220. The van der Waals surface area contributed by atoms with Crippen molar-refractivity contribution in [1.29, 1.82) is 0 Å². The maximum atomic E-state index is 12.5. The molecule has 0 fully saturated rings. The number of alkyl halides is 3. The maximum absolute atomic E-state index is 12.5. The van der Waals surface area contributed by atoms with Crippen molar-refractivity contribution in [3.63, 3.8) is 0 Å². The number of carbonyl (C=O) groups is 3. The largest absolute Gasteiger partial charge is 0.490 e. The van der Waals surface area contributed by atoms with E-state index in [1.165, 1.54) is 22.1 Å². The maximum Gasteiger partial charge on any atom is 0.490 e. The van der Waals surface area contributed by atoms with Crippen LogP contribution in [0.15, 0.2) is 48.7 Å². The summed E-state index contributed by atoms with van der Waals surface area (Å²) in [5.74, 6) is -2.79. The van der Waals surface area contributed by atoms with Crippen LogP contribution in [0.1, 0.15) is 39.9 Å². The molecule has 192 valence electrons. The molecule has 0 unspecified atom stereocenters. The predicted octanol–water partition coefficient (Wildman–Crippen LogP) is 3.81. The highest BCUT2D eigenvalue weighted by Crippen LogP contribution is 2.19. The van der Waals surface area contributed by atoms with Crippen LogP contribution in [-0.4, -0.2) is 53.6 Å². The van der Waals surface area contributed by atoms with Crippen LogP contribution in [0.5, 0.6) is 0 Å². The number of hydrogen-bond acceptors (Lipinski definition) is 4. The van der Waals surface area contributed by atoms with Crippen LogP contribution < -0.4 is 10.6 Å². The van der Waals surface area contributed by atoms with Gasteiger partial charge in [0.15, 0.2) is 5.78 Å². The van der Waals surface area contributed by atoms with Crippen LogP contribution in [0, 0.1) is 0 Å². The number of ketones is 1. The van der Waals surface area contributed by atoms with E-state index < -0.39 is 12.1 Å². The number of amides is 1. The van der Waals surface area contributed by atoms with E-state index in [2.05, 4.69) is 27.8 Å². The fourth-order valence-corrected chi connectivity index (χ4v) is 3.98. The third-order valence-corrected chi connectivity index (χ3v) is 5.88. The van der Waals surface area contributed by atoms with E-state index in [9.17, 15) is 22.8 Å². The van der Waals surface area contributed by atoms with Gasteiger partial charge in [0.2, 0.25) is 5.91 Å². The van der Waals surface area contributed by atoms with E-state index in [0.29, 0.717) is 6.54 Å². The van der Waals surface area contributed by atoms with Crippen LogP contribution in [-0.2, 0) is 28.9 Å². The zero-order valence-electron chi connectivity index (χ0n) is 19.6. The highest BCUT2D eigenvalue weighted by atomic mass is 19.4. The number of carbonyl (C=O) groups excluding carboxylic acids is 2. The minimum Gasteiger partial charge on any atom is -0.475 e. The van der Waals surface area contributed by atoms with Crippen molar-refractivity contribution in [3.05, 3.63) is 70.9 Å². The van der Waals surface area contributed by atoms with Gasteiger partial charge in [-0.25, -0.2) is 4.79 Å². The smallest absolute Gasteiger partial charge is 0.475 e. The molecule has 4 N–H and O–H groups in total. The Hall–Kier alpha value is -3.66. The normalized spacial score (nSPS) is 13.2. The Morgan fingerprint density at radius 3 is 2.39 bits per heavy atom. The second kappa shape index (κ2) is 12.3. The second-order valence-electron chi connectivity index (χ2n) is 8.42. The van der Waals surface area contributed by atoms with Gasteiger partial charge in [0.25, 0.3) is 0 Å². The number of rotatable bonds is 7. The Balaban J connectivity index is 0.000000454. The molecule has 2 aromatic carbocycles. The lowest BCUT2D eigenvalue weighted by molar-refractivity contribution is -0.192. The number of halogens is 3. The van der Waals surface area contributed by atoms with E-state index in [-0.39, 0.29) is 24.5 Å². The number of nitrogens with one attached hydrogen (secondary N) is 3. The Labute approximate surface area is 206 Å². The number of aromatic nitrogens is 1. The molecule has 0 saturated heterocycles. The molecular formula is C26H28F3N3O4. The molecule has 0 saturated carbocycles. The minimum atomic E-state index is -5.08. The Morgan fingerprint density at radius 2 is 1.67 bits per heavy atom. The van der Waals surface area contributed by atoms with Gasteiger partial charge in [0.05, 0.1) is 0 Å². The highest BCUT2D eigenvalue weighted by Gasteiger charge is 2.38. The van der Waals surface area contributed by atoms with Crippen molar-refractivity contribution >= 4 is 28.6 Å². The van der Waals surface area contributed by atoms with Crippen molar-refractivity contribution < 1.29 is 32.7 Å². The molecule has 0 aliphatic carbocycles. The van der Waals surface area contributed by atoms with Crippen LogP contribution in [0.3, 0.4) is 0 Å². The summed E-state index contributed by atoms with van der Waals surface area (Å²) in [6, 6.07) is 14.1. The number of Topliss-reactive ketones (excluding diaryl/α,β-unsaturated/α-hetero) is 1. The SMILES string of the molecule is O=C(CCC(=O)c1ccc2c(c1)CCNCC2)NCCc1c[nH]c2ccccc12.O=C(O)C(F)(F)F. The van der Waals surface area contributed by atoms with Gasteiger partial charge in [-0.15, -0.1) is 0 Å². The molecule has 3 aromatic rings. The zero-order valence-corrected chi connectivity index (χ0v) is 19.6. The third-order valence-electron chi connectivity index (χ3n) is 5.88. The van der Waals surface area contributed by atoms with Gasteiger partial charge in [0.1, 0.15) is 0 Å². The fourth-order valence-electron chi connectivity index (χ4n) is 3.98. The molecule has 36 heavy (non-hydrogen) atoms. The molecule has 10 heteroatoms. The summed E-state index contributed by atoms with van der Waals surface area (Å²) < 4.78 is 31.7. The molecule has 4 rings (SSSR count). The first kappa shape index (κ1) is 26.9. The van der Waals surface area contributed by atoms with Crippen molar-refractivity contribution in [2.45, 2.75) is 38.3 Å². The lowest BCUT2D eigenvalue weighted by Crippen LogP contribution is -2.26. The summed E-state index contributed by atoms with van der Waals surface area (Å²) in [6.45, 7) is 2.50. The number of para-hydroxylation sites is 1. The van der Waals surface area contributed by atoms with Gasteiger partial charge >= 0.3 is 12.1 Å². The second-order valence-corrected chi connectivity index (χ2v) is 8.42. The number of fused-ring (bicyclic) bond motifs is 2. The van der Waals surface area contributed by atoms with E-state index in [1.54, 1.807) is 0 Å². The van der Waals surface area contributed by atoms with Gasteiger partial charge in [-0.1, -0.05) is 30.3 Å². The summed E-state index contributed by atoms with van der Waals surface area (Å²) in [6.07, 6.45) is 0.103. The molecular weight excluding hydrogens is 475 g/mol. The fraction of sp³-hybridized carbons (Fsp3) is 0.346. The number of H-pyrrole nitrogens is 1. The van der Waals surface area contributed by atoms with E-state index in [1.807, 2.05) is 36.5 Å². The Morgan fingerprint density at radius 1 is 0.972 bits per heavy atom. The lowest BCUT2D eigenvalue weighted by atomic mass is 9.97. The highest BCUT2D eigenvalue weighted by molar-refractivity contribution is 5.98. The number of hydrogen-bond donors (Lipinski definition) is 4. The third kappa shape index (κ3) is 7.67. The first-order valence-corrected chi connectivity index (χ1v) is 11.6. The summed E-state index contributed by atoms with van der Waals surface area (Å²) >= 11 is 0. The summed E-state index contributed by atoms with van der Waals surface area (Å²) in [5.41, 5.74) is 5.59. The van der Waals surface area contributed by atoms with Crippen LogP contribution in [0.4, 0.5) is 13.2 Å². The molecule has 0 spiro atoms. The molecule has 2 heterocycles. The monoisotopic (exact) mass is 503 g/mol. The van der Waals surface area contributed by atoms with Crippen LogP contribution >= 0.6 is 0 Å². The topological polar surface area (TPSA) is 111 Å². The van der Waals surface area contributed by atoms with Gasteiger partial charge in [-0.3, -0.25) is 9.59 Å². The van der Waals surface area contributed by atoms with Crippen molar-refractivity contribution in [2.24, 2.45) is 0 Å². The van der Waals surface area contributed by atoms with E-state index >= 15 is 0 Å². The summed E-state index contributed by atoms with van der Waals surface area (Å²) in [7, 11) is 0. The van der Waals surface area contributed by atoms with Gasteiger partial charge in [-0.2, -0.15) is 13.2 Å². The lowest BCUT2D eigenvalue weighted by Gasteiger charge is -2.08. The van der Waals surface area contributed by atoms with Gasteiger partial charge in [-0.05, 0) is 61.2 Å². The number of carboxylic acid groups (broad SMARTS) is 1. The Kier molecular flexibility index (Phi) is 9.24. The molecule has 1 amide bonds. The minimum absolute atomic E-state index is 0.0387. The predicted molar refractivity (Wildman–Crippen MR) is 129 cm³/mol. The average Bonchev–Trinajstić information content (AvgIpc) is 3.10. The first-order valence-electron chi connectivity index (χ1n) is 11.6. The molecule has 0 atom stereocenters. The number of aromatic amines is 1. The van der Waals surface area contributed by atoms with Crippen LogP contribution in [0.25, 0.3) is 10.9 Å². The zero-order chi connectivity index (χ0) is 26.1. The van der Waals surface area contributed by atoms with Gasteiger partial charge < -0.3 is 20.7 Å². The van der Waals surface area contributed by atoms with Crippen LogP contribution in [0.2, 0.25) is 0 Å². The average molecular weight is 504 g/mol. The first-order chi connectivity index (χ1) is 17.1. The quantitative estimate of drug-likeness (QED) is 0.367. The van der Waals surface area contributed by atoms with Gasteiger partial charge in [0, 0.05) is 42.0 Å². The summed E-state index contributed by atoms with van der Waals surface area (Å²) in [5, 5.41) is 14.6. The molecule has 0 bridgehead atoms. The molecule has 1 aliphatic heterocycles. The van der Waals surface area contributed by atoms with Crippen molar-refractivity contribution in [2.75, 3.05) is 19.6 Å². The van der Waals surface area contributed by atoms with E-state index in [4.69, 9.17) is 9.90 Å². The molecule has 1 aliphatic rings. The molecule has 0 radical (unpaired) electrons. The number of carboxylic acids is 1. The number of benzene rings is 2.